The molecule has 6 N–H and O–H groups in total. The summed E-state index contributed by atoms with van der Waals surface area (Å²) in [6, 6.07) is 9.06. The smallest absolute Gasteiger partial charge is 0.252 e. The van der Waals surface area contributed by atoms with Crippen LogP contribution >= 0.6 is 0 Å². The van der Waals surface area contributed by atoms with Crippen molar-refractivity contribution in [2.45, 2.75) is 143 Å². The van der Waals surface area contributed by atoms with Gasteiger partial charge in [-0.3, -0.25) is 57.7 Å². The van der Waals surface area contributed by atoms with Crippen LogP contribution in [0.5, 0.6) is 0 Å². The summed E-state index contributed by atoms with van der Waals surface area (Å²) in [5.41, 5.74) is -0.183. The van der Waals surface area contributed by atoms with Gasteiger partial charge in [0.05, 0.1) is 12.1 Å². The first-order valence-electron chi connectivity index (χ1n) is 26.9. The van der Waals surface area contributed by atoms with Crippen LogP contribution in [0, 0.1) is 22.5 Å². The highest BCUT2D eigenvalue weighted by Crippen LogP contribution is 2.30. The zero-order valence-corrected chi connectivity index (χ0v) is 47.8. The van der Waals surface area contributed by atoms with Crippen molar-refractivity contribution in [3.63, 3.8) is 0 Å². The number of likely N-dealkylation sites (N-methyl/N-ethyl adjacent to an activating group) is 2. The SMILES string of the molecule is CN[C@@H](C)C(=O)N[C@H](C(=O)N1C[C@@H](NC(=O)c2ccc(C(=O)N[C@H]3C[C@@H](C(=O)N(CCc4ccc(F)cc4)C(C)=O)N(C(=O)[C@@H](NC(=O)[C@H](C)NC)C(C)(C)C)C3)cc2)C[C@H]1C(=O)N(CCc1ccc(F)cc1)C(C)=O)C(C)(C)C. The monoisotopic (exact) mass is 1110 g/mol. The van der Waals surface area contributed by atoms with Gasteiger partial charge in [-0.1, -0.05) is 65.8 Å². The lowest BCUT2D eigenvalue weighted by Crippen LogP contribution is -2.60. The largest absolute Gasteiger partial charge is 0.347 e. The van der Waals surface area contributed by atoms with Gasteiger partial charge in [0.15, 0.2) is 0 Å². The van der Waals surface area contributed by atoms with Crippen LogP contribution in [0.4, 0.5) is 8.78 Å². The highest BCUT2D eigenvalue weighted by Gasteiger charge is 2.49. The Hall–Kier alpha value is -7.46. The van der Waals surface area contributed by atoms with Gasteiger partial charge in [-0.05, 0) is 124 Å². The molecule has 0 radical (unpaired) electrons. The van der Waals surface area contributed by atoms with Crippen molar-refractivity contribution in [1.82, 2.24) is 51.5 Å². The number of hydrogen-bond donors (Lipinski definition) is 6. The average Bonchev–Trinajstić information content (AvgIpc) is 4.03. The van der Waals surface area contributed by atoms with Crippen LogP contribution in [-0.2, 0) is 51.2 Å². The molecular weight excluding hydrogens is 1030 g/mol. The van der Waals surface area contributed by atoms with Gasteiger partial charge in [-0.2, -0.15) is 0 Å². The van der Waals surface area contributed by atoms with Crippen molar-refractivity contribution < 1.29 is 56.7 Å². The van der Waals surface area contributed by atoms with Gasteiger partial charge in [0.25, 0.3) is 23.6 Å². The van der Waals surface area contributed by atoms with Crippen LogP contribution < -0.4 is 31.9 Å². The first-order chi connectivity index (χ1) is 37.4. The minimum Gasteiger partial charge on any atom is -0.347 e. The lowest BCUT2D eigenvalue weighted by atomic mass is 9.85. The van der Waals surface area contributed by atoms with Crippen molar-refractivity contribution >= 4 is 59.1 Å². The molecule has 3 aromatic rings. The van der Waals surface area contributed by atoms with Crippen molar-refractivity contribution in [2.75, 3.05) is 40.3 Å². The van der Waals surface area contributed by atoms with Crippen LogP contribution in [0.2, 0.25) is 0 Å². The maximum absolute atomic E-state index is 14.6. The number of nitrogens with zero attached hydrogens (tertiary/aromatic N) is 4. The maximum atomic E-state index is 14.6. The Morgan fingerprint density at radius 2 is 0.850 bits per heavy atom. The van der Waals surface area contributed by atoms with Crippen LogP contribution in [0.3, 0.4) is 0 Å². The van der Waals surface area contributed by atoms with Crippen molar-refractivity contribution in [2.24, 2.45) is 10.8 Å². The van der Waals surface area contributed by atoms with E-state index in [-0.39, 0.29) is 63.0 Å². The van der Waals surface area contributed by atoms with E-state index in [1.165, 1.54) is 96.4 Å². The summed E-state index contributed by atoms with van der Waals surface area (Å²) < 4.78 is 27.4. The molecule has 434 valence electrons. The summed E-state index contributed by atoms with van der Waals surface area (Å²) in [5.74, 6) is -6.87. The summed E-state index contributed by atoms with van der Waals surface area (Å²) in [4.78, 5) is 143. The molecule has 0 aromatic heterocycles. The zero-order valence-electron chi connectivity index (χ0n) is 47.8. The van der Waals surface area contributed by atoms with E-state index < -0.39 is 130 Å². The summed E-state index contributed by atoms with van der Waals surface area (Å²) in [5, 5.41) is 17.1. The van der Waals surface area contributed by atoms with Crippen LogP contribution in [0.15, 0.2) is 72.8 Å². The number of benzene rings is 3. The molecule has 2 fully saturated rings. The number of amides is 10. The van der Waals surface area contributed by atoms with Gasteiger partial charge in [-0.25, -0.2) is 8.78 Å². The molecule has 22 heteroatoms. The lowest BCUT2D eigenvalue weighted by Gasteiger charge is -2.36. The molecule has 0 bridgehead atoms. The van der Waals surface area contributed by atoms with Crippen molar-refractivity contribution in [3.8, 4) is 0 Å². The molecule has 2 heterocycles. The van der Waals surface area contributed by atoms with E-state index in [9.17, 15) is 56.7 Å². The molecule has 5 rings (SSSR count). The number of halogens is 2. The minimum absolute atomic E-state index is 0.0866. The number of nitrogens with one attached hydrogen (secondary N) is 6. The fourth-order valence-electron chi connectivity index (χ4n) is 9.56. The number of likely N-dealkylation sites (tertiary alicyclic amines) is 2. The number of hydrogen-bond acceptors (Lipinski definition) is 12. The Balaban J connectivity index is 1.36. The molecule has 0 saturated carbocycles. The van der Waals surface area contributed by atoms with Crippen LogP contribution in [-0.4, -0.2) is 167 Å². The van der Waals surface area contributed by atoms with Gasteiger partial charge in [-0.15, -0.1) is 0 Å². The van der Waals surface area contributed by atoms with Crippen LogP contribution in [0.25, 0.3) is 0 Å². The van der Waals surface area contributed by atoms with Gasteiger partial charge in [0, 0.05) is 63.2 Å². The third-order valence-corrected chi connectivity index (χ3v) is 14.6. The van der Waals surface area contributed by atoms with Gasteiger partial charge in [0.2, 0.25) is 35.4 Å². The molecule has 3 aromatic carbocycles. The van der Waals surface area contributed by atoms with E-state index in [0.29, 0.717) is 11.1 Å². The van der Waals surface area contributed by atoms with Crippen molar-refractivity contribution in [1.29, 1.82) is 0 Å². The molecule has 2 aliphatic heterocycles. The summed E-state index contributed by atoms with van der Waals surface area (Å²) in [6.07, 6.45) is 0.183. The molecule has 0 aliphatic carbocycles. The molecule has 0 unspecified atom stereocenters. The highest BCUT2D eigenvalue weighted by atomic mass is 19.1. The minimum atomic E-state index is -1.25. The number of carbonyl (C=O) groups excluding carboxylic acids is 10. The molecule has 10 amide bonds. The number of imide groups is 2. The summed E-state index contributed by atoms with van der Waals surface area (Å²) in [6.45, 7) is 15.7. The van der Waals surface area contributed by atoms with Gasteiger partial charge < -0.3 is 41.7 Å². The van der Waals surface area contributed by atoms with E-state index in [4.69, 9.17) is 0 Å². The maximum Gasteiger partial charge on any atom is 0.252 e. The lowest BCUT2D eigenvalue weighted by molar-refractivity contribution is -0.152. The number of carbonyl (C=O) groups is 10. The second-order valence-corrected chi connectivity index (χ2v) is 22.8. The standard InChI is InChI=1S/C58H78F2N10O10/c1-33(61-11)49(73)65-47(57(5,6)7)55(79)69-31-43(29-45(69)53(77)67(35(3)71)27-25-37-13-21-41(59)22-14-37)63-51(75)39-17-19-40(20-18-39)52(76)64-44-30-46(54(78)68(36(4)72)28-26-38-15-23-42(60)24-16-38)70(32-44)56(80)48(58(8,9)10)66-50(74)34(2)62-12/h13-24,33-34,43-48,61-62H,25-32H2,1-12H3,(H,63,75)(H,64,76)(H,65,73)(H,66,74)/t33-,34-,43-,44-,45-,46-,47+,48+/m0/s1. The van der Waals surface area contributed by atoms with Gasteiger partial charge >= 0.3 is 0 Å². The molecule has 2 aliphatic rings. The Morgan fingerprint density at radius 3 is 1.12 bits per heavy atom. The molecule has 8 atom stereocenters. The summed E-state index contributed by atoms with van der Waals surface area (Å²) in [7, 11) is 3.18. The Kier molecular flexibility index (Phi) is 21.5. The molecule has 80 heavy (non-hydrogen) atoms. The molecule has 0 spiro atoms. The third-order valence-electron chi connectivity index (χ3n) is 14.6. The Bertz CT molecular complexity index is 2580. The van der Waals surface area contributed by atoms with E-state index >= 15 is 0 Å². The fourth-order valence-corrected chi connectivity index (χ4v) is 9.56. The first kappa shape index (κ1) is 63.4. The predicted molar refractivity (Wildman–Crippen MR) is 294 cm³/mol. The Morgan fingerprint density at radius 1 is 0.537 bits per heavy atom. The molecule has 20 nitrogen and oxygen atoms in total. The van der Waals surface area contributed by atoms with E-state index in [1.54, 1.807) is 69.5 Å². The highest BCUT2D eigenvalue weighted by molar-refractivity contribution is 6.02. The number of rotatable bonds is 20. The second-order valence-electron chi connectivity index (χ2n) is 22.8. The quantitative estimate of drug-likeness (QED) is 0.0956. The predicted octanol–water partition coefficient (Wildman–Crippen LogP) is 2.88. The van der Waals surface area contributed by atoms with Crippen LogP contribution in [0.1, 0.15) is 114 Å². The van der Waals surface area contributed by atoms with Gasteiger partial charge in [0.1, 0.15) is 35.8 Å². The van der Waals surface area contributed by atoms with E-state index in [1.807, 2.05) is 0 Å². The topological polar surface area (TPSA) is 256 Å². The molecule has 2 saturated heterocycles. The Labute approximate surface area is 466 Å². The average molecular weight is 1110 g/mol. The third kappa shape index (κ3) is 16.3. The van der Waals surface area contributed by atoms with E-state index in [2.05, 4.69) is 31.9 Å². The zero-order chi connectivity index (χ0) is 59.6. The summed E-state index contributed by atoms with van der Waals surface area (Å²) >= 11 is 0. The second kappa shape index (κ2) is 27.1. The van der Waals surface area contributed by atoms with E-state index in [0.717, 1.165) is 9.80 Å². The normalized spacial score (nSPS) is 18.7. The molecular formula is C58H78F2N10O10. The first-order valence-corrected chi connectivity index (χ1v) is 26.9. The fraction of sp³-hybridized carbons (Fsp3) is 0.517. The van der Waals surface area contributed by atoms with Crippen molar-refractivity contribution in [3.05, 3.63) is 107 Å².